The number of unbranched alkanes of at least 4 members (excludes halogenated alkanes) is 1. The monoisotopic (exact) mass is 210 g/mol. The molecule has 0 radical (unpaired) electrons. The number of hydrogen-bond donors (Lipinski definition) is 1. The maximum absolute atomic E-state index is 12.3. The fourth-order valence-electron chi connectivity index (χ4n) is 2.95. The molecule has 1 atom stereocenters. The van der Waals surface area contributed by atoms with Gasteiger partial charge in [-0.2, -0.15) is 0 Å². The Bertz CT molecular complexity index is 246. The summed E-state index contributed by atoms with van der Waals surface area (Å²) in [6.07, 6.45) is 7.00. The maximum Gasteiger partial charge on any atom is 0.244 e. The van der Waals surface area contributed by atoms with Crippen LogP contribution in [0, 0.1) is 0 Å². The van der Waals surface area contributed by atoms with Crippen molar-refractivity contribution < 1.29 is 4.79 Å². The van der Waals surface area contributed by atoms with Crippen molar-refractivity contribution >= 4 is 5.91 Å². The lowest BCUT2D eigenvalue weighted by Crippen LogP contribution is -2.44. The van der Waals surface area contributed by atoms with Crippen molar-refractivity contribution in [1.29, 1.82) is 0 Å². The van der Waals surface area contributed by atoms with Crippen molar-refractivity contribution in [2.75, 3.05) is 6.54 Å². The van der Waals surface area contributed by atoms with E-state index in [2.05, 4.69) is 19.2 Å². The van der Waals surface area contributed by atoms with Crippen molar-refractivity contribution in [1.82, 2.24) is 10.2 Å². The quantitative estimate of drug-likeness (QED) is 0.771. The van der Waals surface area contributed by atoms with Crippen molar-refractivity contribution in [3.05, 3.63) is 0 Å². The molecule has 1 aliphatic carbocycles. The highest BCUT2D eigenvalue weighted by Crippen LogP contribution is 2.36. The number of amides is 1. The SMILES string of the molecule is CCCCN1C(=O)C2(CCCC2)NC1C. The first-order chi connectivity index (χ1) is 7.19. The minimum atomic E-state index is -0.173. The van der Waals surface area contributed by atoms with E-state index in [1.807, 2.05) is 4.90 Å². The number of hydrogen-bond acceptors (Lipinski definition) is 2. The van der Waals surface area contributed by atoms with Gasteiger partial charge in [-0.25, -0.2) is 0 Å². The molecule has 1 unspecified atom stereocenters. The highest BCUT2D eigenvalue weighted by atomic mass is 16.2. The second-order valence-corrected chi connectivity index (χ2v) is 4.96. The highest BCUT2D eigenvalue weighted by Gasteiger charge is 2.50. The highest BCUT2D eigenvalue weighted by molar-refractivity contribution is 5.89. The predicted molar refractivity (Wildman–Crippen MR) is 60.4 cm³/mol. The zero-order valence-corrected chi connectivity index (χ0v) is 9.88. The van der Waals surface area contributed by atoms with Gasteiger partial charge in [-0.05, 0) is 26.2 Å². The van der Waals surface area contributed by atoms with E-state index < -0.39 is 0 Å². The lowest BCUT2D eigenvalue weighted by atomic mass is 9.98. The van der Waals surface area contributed by atoms with Crippen LogP contribution in [0.15, 0.2) is 0 Å². The summed E-state index contributed by atoms with van der Waals surface area (Å²) >= 11 is 0. The van der Waals surface area contributed by atoms with Gasteiger partial charge in [-0.15, -0.1) is 0 Å². The Kier molecular flexibility index (Phi) is 3.01. The molecule has 2 fully saturated rings. The van der Waals surface area contributed by atoms with Gasteiger partial charge in [-0.3, -0.25) is 10.1 Å². The Morgan fingerprint density at radius 1 is 1.47 bits per heavy atom. The Morgan fingerprint density at radius 3 is 2.73 bits per heavy atom. The molecule has 15 heavy (non-hydrogen) atoms. The van der Waals surface area contributed by atoms with Crippen LogP contribution in [0.5, 0.6) is 0 Å². The van der Waals surface area contributed by atoms with Crippen molar-refractivity contribution in [2.24, 2.45) is 0 Å². The van der Waals surface area contributed by atoms with E-state index in [1.165, 1.54) is 12.8 Å². The number of carbonyl (C=O) groups excluding carboxylic acids is 1. The van der Waals surface area contributed by atoms with E-state index in [0.717, 1.165) is 32.2 Å². The van der Waals surface area contributed by atoms with Gasteiger partial charge in [-0.1, -0.05) is 26.2 Å². The third-order valence-electron chi connectivity index (χ3n) is 3.83. The molecule has 2 aliphatic rings. The van der Waals surface area contributed by atoms with Gasteiger partial charge in [0.25, 0.3) is 0 Å². The summed E-state index contributed by atoms with van der Waals surface area (Å²) in [5, 5.41) is 3.51. The molecule has 3 nitrogen and oxygen atoms in total. The molecule has 0 aromatic heterocycles. The second kappa shape index (κ2) is 4.12. The van der Waals surface area contributed by atoms with Gasteiger partial charge in [0.1, 0.15) is 0 Å². The van der Waals surface area contributed by atoms with Gasteiger partial charge in [0.15, 0.2) is 0 Å². The Morgan fingerprint density at radius 2 is 2.13 bits per heavy atom. The maximum atomic E-state index is 12.3. The summed E-state index contributed by atoms with van der Waals surface area (Å²) in [5.74, 6) is 0.362. The van der Waals surface area contributed by atoms with Crippen LogP contribution in [0.4, 0.5) is 0 Å². The number of carbonyl (C=O) groups is 1. The van der Waals surface area contributed by atoms with E-state index in [9.17, 15) is 4.79 Å². The Balaban J connectivity index is 2.05. The molecule has 1 aliphatic heterocycles. The molecule has 0 aromatic rings. The first-order valence-corrected chi connectivity index (χ1v) is 6.28. The molecule has 0 bridgehead atoms. The molecule has 86 valence electrons. The van der Waals surface area contributed by atoms with E-state index in [1.54, 1.807) is 0 Å². The van der Waals surface area contributed by atoms with Crippen LogP contribution < -0.4 is 5.32 Å². The number of rotatable bonds is 3. The molecule has 3 heteroatoms. The fraction of sp³-hybridized carbons (Fsp3) is 0.917. The van der Waals surface area contributed by atoms with Crippen LogP contribution in [-0.4, -0.2) is 29.1 Å². The summed E-state index contributed by atoms with van der Waals surface area (Å²) in [7, 11) is 0. The number of nitrogens with one attached hydrogen (secondary N) is 1. The Hall–Kier alpha value is -0.570. The predicted octanol–water partition coefficient (Wildman–Crippen LogP) is 1.88. The summed E-state index contributed by atoms with van der Waals surface area (Å²) in [4.78, 5) is 14.3. The zero-order valence-electron chi connectivity index (χ0n) is 9.88. The summed E-state index contributed by atoms with van der Waals surface area (Å²) in [6, 6.07) is 0. The third kappa shape index (κ3) is 1.78. The van der Waals surface area contributed by atoms with Crippen LogP contribution in [0.2, 0.25) is 0 Å². The van der Waals surface area contributed by atoms with Gasteiger partial charge in [0.05, 0.1) is 11.7 Å². The smallest absolute Gasteiger partial charge is 0.244 e. The van der Waals surface area contributed by atoms with Crippen LogP contribution in [0.1, 0.15) is 52.4 Å². The van der Waals surface area contributed by atoms with Gasteiger partial charge >= 0.3 is 0 Å². The van der Waals surface area contributed by atoms with Crippen LogP contribution >= 0.6 is 0 Å². The third-order valence-corrected chi connectivity index (χ3v) is 3.83. The summed E-state index contributed by atoms with van der Waals surface area (Å²) in [6.45, 7) is 5.20. The van der Waals surface area contributed by atoms with Crippen molar-refractivity contribution in [3.8, 4) is 0 Å². The first-order valence-electron chi connectivity index (χ1n) is 6.28. The molecule has 1 N–H and O–H groups in total. The minimum absolute atomic E-state index is 0.173. The zero-order chi connectivity index (χ0) is 10.9. The van der Waals surface area contributed by atoms with E-state index in [4.69, 9.17) is 0 Å². The molecule has 0 aromatic carbocycles. The Labute approximate surface area is 92.2 Å². The summed E-state index contributed by atoms with van der Waals surface area (Å²) in [5.41, 5.74) is -0.173. The van der Waals surface area contributed by atoms with Gasteiger partial charge in [0.2, 0.25) is 5.91 Å². The largest absolute Gasteiger partial charge is 0.326 e. The normalized spacial score (nSPS) is 29.3. The first kappa shape index (κ1) is 10.9. The molecular formula is C12H22N2O. The molecule has 2 rings (SSSR count). The molecular weight excluding hydrogens is 188 g/mol. The molecule has 1 amide bonds. The van der Waals surface area contributed by atoms with Crippen LogP contribution in [-0.2, 0) is 4.79 Å². The molecule has 1 saturated carbocycles. The van der Waals surface area contributed by atoms with Gasteiger partial charge < -0.3 is 4.90 Å². The topological polar surface area (TPSA) is 32.3 Å². The van der Waals surface area contributed by atoms with Crippen molar-refractivity contribution in [2.45, 2.75) is 64.1 Å². The fourth-order valence-corrected chi connectivity index (χ4v) is 2.95. The van der Waals surface area contributed by atoms with Gasteiger partial charge in [0, 0.05) is 6.54 Å². The average molecular weight is 210 g/mol. The lowest BCUT2D eigenvalue weighted by Gasteiger charge is -2.21. The second-order valence-electron chi connectivity index (χ2n) is 4.96. The van der Waals surface area contributed by atoms with E-state index in [0.29, 0.717) is 5.91 Å². The van der Waals surface area contributed by atoms with E-state index in [-0.39, 0.29) is 11.7 Å². The molecule has 1 saturated heterocycles. The minimum Gasteiger partial charge on any atom is -0.326 e. The molecule has 1 spiro atoms. The summed E-state index contributed by atoms with van der Waals surface area (Å²) < 4.78 is 0. The standard InChI is InChI=1S/C12H22N2O/c1-3-4-9-14-10(2)13-12(11(14)15)7-5-6-8-12/h10,13H,3-9H2,1-2H3. The van der Waals surface area contributed by atoms with Crippen LogP contribution in [0.3, 0.4) is 0 Å². The average Bonchev–Trinajstić information content (AvgIpc) is 2.75. The molecule has 1 heterocycles. The van der Waals surface area contributed by atoms with E-state index >= 15 is 0 Å². The van der Waals surface area contributed by atoms with Crippen molar-refractivity contribution in [3.63, 3.8) is 0 Å². The van der Waals surface area contributed by atoms with Crippen LogP contribution in [0.25, 0.3) is 0 Å². The lowest BCUT2D eigenvalue weighted by molar-refractivity contribution is -0.133. The number of nitrogens with zero attached hydrogens (tertiary/aromatic N) is 1.